The number of carbonyl (C=O) groups excluding carboxylic acids is 2. The molecular formula is C19H16ClN3O3S2. The molecule has 6 nitrogen and oxygen atoms in total. The minimum Gasteiger partial charge on any atom is -0.459 e. The number of aromatic nitrogens is 2. The monoisotopic (exact) mass is 433 g/mol. The van der Waals surface area contributed by atoms with Crippen molar-refractivity contribution in [3.8, 4) is 10.6 Å². The molecule has 0 aliphatic carbocycles. The van der Waals surface area contributed by atoms with Gasteiger partial charge in [0.15, 0.2) is 5.13 Å². The van der Waals surface area contributed by atoms with Crippen LogP contribution in [0, 0.1) is 0 Å². The van der Waals surface area contributed by atoms with Crippen LogP contribution in [0.3, 0.4) is 0 Å². The van der Waals surface area contributed by atoms with E-state index in [0.29, 0.717) is 34.5 Å². The smallest absolute Gasteiger partial charge is 0.312 e. The molecule has 0 saturated carbocycles. The second-order valence-electron chi connectivity index (χ2n) is 6.23. The van der Waals surface area contributed by atoms with Gasteiger partial charge in [0, 0.05) is 29.3 Å². The van der Waals surface area contributed by atoms with E-state index in [0.717, 1.165) is 17.0 Å². The van der Waals surface area contributed by atoms with Crippen LogP contribution in [0.2, 0.25) is 5.02 Å². The molecular weight excluding hydrogens is 418 g/mol. The van der Waals surface area contributed by atoms with Gasteiger partial charge in [-0.3, -0.25) is 14.5 Å². The maximum absolute atomic E-state index is 12.1. The summed E-state index contributed by atoms with van der Waals surface area (Å²) in [6.45, 7) is 0.787. The third-order valence-electron chi connectivity index (χ3n) is 4.21. The molecule has 1 aliphatic heterocycles. The zero-order chi connectivity index (χ0) is 19.5. The Hall–Kier alpha value is -2.29. The van der Waals surface area contributed by atoms with Gasteiger partial charge in [-0.1, -0.05) is 29.8 Å². The molecule has 1 amide bonds. The molecule has 144 valence electrons. The first-order valence-electron chi connectivity index (χ1n) is 8.70. The Balaban J connectivity index is 1.32. The highest BCUT2D eigenvalue weighted by Crippen LogP contribution is 2.30. The van der Waals surface area contributed by atoms with Crippen LogP contribution < -0.4 is 4.90 Å². The molecule has 0 spiro atoms. The topological polar surface area (TPSA) is 72.4 Å². The third kappa shape index (κ3) is 4.24. The fraction of sp³-hybridized carbons (Fsp3) is 0.263. The number of carbonyl (C=O) groups is 2. The molecule has 0 atom stereocenters. The van der Waals surface area contributed by atoms with Gasteiger partial charge < -0.3 is 4.74 Å². The first-order chi connectivity index (χ1) is 13.6. The van der Waals surface area contributed by atoms with Crippen LogP contribution >= 0.6 is 34.3 Å². The van der Waals surface area contributed by atoms with Crippen molar-refractivity contribution >= 4 is 51.3 Å². The van der Waals surface area contributed by atoms with Gasteiger partial charge in [-0.25, -0.2) is 9.97 Å². The van der Waals surface area contributed by atoms with Gasteiger partial charge in [-0.2, -0.15) is 0 Å². The number of anilines is 1. The second-order valence-corrected chi connectivity index (χ2v) is 8.33. The summed E-state index contributed by atoms with van der Waals surface area (Å²) in [5, 5.41) is 5.72. The molecule has 0 radical (unpaired) electrons. The number of halogens is 1. The van der Waals surface area contributed by atoms with E-state index in [9.17, 15) is 9.59 Å². The normalized spacial score (nSPS) is 13.9. The van der Waals surface area contributed by atoms with Crippen LogP contribution in [0.25, 0.3) is 10.6 Å². The van der Waals surface area contributed by atoms with Crippen molar-refractivity contribution in [1.82, 2.24) is 9.97 Å². The Kier molecular flexibility index (Phi) is 5.70. The van der Waals surface area contributed by atoms with Crippen molar-refractivity contribution < 1.29 is 14.3 Å². The maximum atomic E-state index is 12.1. The molecule has 0 bridgehead atoms. The van der Waals surface area contributed by atoms with E-state index in [1.54, 1.807) is 10.3 Å². The lowest BCUT2D eigenvalue weighted by atomic mass is 10.2. The minimum absolute atomic E-state index is 0.0695. The van der Waals surface area contributed by atoms with Gasteiger partial charge in [-0.05, 0) is 12.5 Å². The van der Waals surface area contributed by atoms with Crippen LogP contribution in [0.15, 0.2) is 35.0 Å². The SMILES string of the molecule is O=C(Cc1csc(N2CCCC2=O)n1)OCc1csc(-c2ccccc2Cl)n1. The largest absolute Gasteiger partial charge is 0.459 e. The van der Waals surface area contributed by atoms with E-state index < -0.39 is 0 Å². The number of benzene rings is 1. The number of hydrogen-bond acceptors (Lipinski definition) is 7. The highest BCUT2D eigenvalue weighted by Gasteiger charge is 2.24. The molecule has 1 saturated heterocycles. The predicted octanol–water partition coefficient (Wildman–Crippen LogP) is 4.33. The van der Waals surface area contributed by atoms with Crippen LogP contribution in [0.1, 0.15) is 24.2 Å². The number of hydrogen-bond donors (Lipinski definition) is 0. The number of thiazole rings is 2. The molecule has 0 N–H and O–H groups in total. The van der Waals surface area contributed by atoms with Crippen LogP contribution in [0.5, 0.6) is 0 Å². The molecule has 1 aromatic carbocycles. The van der Waals surface area contributed by atoms with Gasteiger partial charge in [0.2, 0.25) is 5.91 Å². The average molecular weight is 434 g/mol. The van der Waals surface area contributed by atoms with Gasteiger partial charge in [-0.15, -0.1) is 22.7 Å². The number of rotatable bonds is 6. The Labute approximate surface area is 174 Å². The van der Waals surface area contributed by atoms with Crippen LogP contribution in [-0.2, 0) is 27.4 Å². The molecule has 1 fully saturated rings. The Morgan fingerprint density at radius 3 is 2.79 bits per heavy atom. The quantitative estimate of drug-likeness (QED) is 0.541. The first-order valence-corrected chi connectivity index (χ1v) is 10.8. The molecule has 4 rings (SSSR count). The van der Waals surface area contributed by atoms with E-state index in [-0.39, 0.29) is 24.9 Å². The van der Waals surface area contributed by atoms with Gasteiger partial charge in [0.1, 0.15) is 11.6 Å². The molecule has 3 heterocycles. The van der Waals surface area contributed by atoms with E-state index in [2.05, 4.69) is 9.97 Å². The number of nitrogens with zero attached hydrogens (tertiary/aromatic N) is 3. The summed E-state index contributed by atoms with van der Waals surface area (Å²) in [6.07, 6.45) is 1.47. The Morgan fingerprint density at radius 2 is 2.00 bits per heavy atom. The minimum atomic E-state index is -0.378. The zero-order valence-corrected chi connectivity index (χ0v) is 17.1. The Bertz CT molecular complexity index is 1020. The van der Waals surface area contributed by atoms with Crippen molar-refractivity contribution in [1.29, 1.82) is 0 Å². The molecule has 28 heavy (non-hydrogen) atoms. The summed E-state index contributed by atoms with van der Waals surface area (Å²) in [5.74, 6) is -0.293. The third-order valence-corrected chi connectivity index (χ3v) is 6.37. The summed E-state index contributed by atoms with van der Waals surface area (Å²) in [7, 11) is 0. The van der Waals surface area contributed by atoms with Crippen molar-refractivity contribution in [2.75, 3.05) is 11.4 Å². The summed E-state index contributed by atoms with van der Waals surface area (Å²) < 4.78 is 5.32. The van der Waals surface area contributed by atoms with Gasteiger partial charge >= 0.3 is 5.97 Å². The first kappa shape index (κ1) is 19.0. The maximum Gasteiger partial charge on any atom is 0.312 e. The lowest BCUT2D eigenvalue weighted by Gasteiger charge is -2.10. The molecule has 0 unspecified atom stereocenters. The lowest BCUT2D eigenvalue weighted by molar-refractivity contribution is -0.144. The highest BCUT2D eigenvalue weighted by atomic mass is 35.5. The lowest BCUT2D eigenvalue weighted by Crippen LogP contribution is -2.23. The van der Waals surface area contributed by atoms with Gasteiger partial charge in [0.05, 0.1) is 22.8 Å². The average Bonchev–Trinajstić information content (AvgIpc) is 3.41. The summed E-state index contributed by atoms with van der Waals surface area (Å²) in [4.78, 5) is 34.4. The van der Waals surface area contributed by atoms with Crippen LogP contribution in [-0.4, -0.2) is 28.4 Å². The molecule has 3 aromatic rings. The number of ether oxygens (including phenoxy) is 1. The fourth-order valence-corrected chi connectivity index (χ4v) is 4.83. The highest BCUT2D eigenvalue weighted by molar-refractivity contribution is 7.14. The Morgan fingerprint density at radius 1 is 1.18 bits per heavy atom. The number of esters is 1. The van der Waals surface area contributed by atoms with E-state index in [1.807, 2.05) is 29.6 Å². The van der Waals surface area contributed by atoms with Crippen molar-refractivity contribution in [2.45, 2.75) is 25.9 Å². The number of amides is 1. The van der Waals surface area contributed by atoms with Crippen molar-refractivity contribution in [3.63, 3.8) is 0 Å². The van der Waals surface area contributed by atoms with E-state index in [4.69, 9.17) is 16.3 Å². The molecule has 1 aliphatic rings. The standard InChI is InChI=1S/C19H16ClN3O3S2/c20-15-5-2-1-4-14(15)18-21-13(11-27-18)9-26-17(25)8-12-10-28-19(22-12)23-7-3-6-16(23)24/h1-2,4-5,10-11H,3,6-9H2. The zero-order valence-electron chi connectivity index (χ0n) is 14.8. The fourth-order valence-electron chi connectivity index (χ4n) is 2.84. The predicted molar refractivity (Wildman–Crippen MR) is 110 cm³/mol. The summed E-state index contributed by atoms with van der Waals surface area (Å²) in [6, 6.07) is 7.49. The van der Waals surface area contributed by atoms with Crippen molar-refractivity contribution in [3.05, 3.63) is 51.4 Å². The van der Waals surface area contributed by atoms with Crippen molar-refractivity contribution in [2.24, 2.45) is 0 Å². The molecule has 2 aromatic heterocycles. The summed E-state index contributed by atoms with van der Waals surface area (Å²) in [5.41, 5.74) is 2.15. The molecule has 9 heteroatoms. The second kappa shape index (κ2) is 8.38. The van der Waals surface area contributed by atoms with Gasteiger partial charge in [0.25, 0.3) is 0 Å². The summed E-state index contributed by atoms with van der Waals surface area (Å²) >= 11 is 9.02. The van der Waals surface area contributed by atoms with E-state index in [1.165, 1.54) is 22.7 Å². The van der Waals surface area contributed by atoms with Crippen LogP contribution in [0.4, 0.5) is 5.13 Å². The van der Waals surface area contributed by atoms with E-state index >= 15 is 0 Å².